The number of nitrogens with zero attached hydrogens (tertiary/aromatic N) is 2. The fourth-order valence-corrected chi connectivity index (χ4v) is 3.46. The first-order valence-electron chi connectivity index (χ1n) is 9.26. The molecule has 0 saturated heterocycles. The van der Waals surface area contributed by atoms with Crippen molar-refractivity contribution < 1.29 is 18.9 Å². The number of carbonyl (C=O) groups is 2. The minimum atomic E-state index is -0.533. The highest BCUT2D eigenvalue weighted by molar-refractivity contribution is 6.36. The number of nitro benzene ring substituents is 1. The van der Waals surface area contributed by atoms with Gasteiger partial charge in [0.05, 0.1) is 23.3 Å². The largest absolute Gasteiger partial charge is 0.467 e. The SMILES string of the molecule is Cc1c(Cl)cccc1NC1=C(c2ccc([N+](=O)[O-])cc2)C(=O)N(Cc2ccco2)C1=O. The molecule has 3 aromatic rings. The molecule has 0 radical (unpaired) electrons. The lowest BCUT2D eigenvalue weighted by atomic mass is 10.0. The molecule has 31 heavy (non-hydrogen) atoms. The van der Waals surface area contributed by atoms with Gasteiger partial charge in [-0.25, -0.2) is 0 Å². The zero-order chi connectivity index (χ0) is 22.1. The van der Waals surface area contributed by atoms with Crippen molar-refractivity contribution in [1.82, 2.24) is 4.90 Å². The lowest BCUT2D eigenvalue weighted by Gasteiger charge is -2.14. The third kappa shape index (κ3) is 3.80. The molecule has 0 unspecified atom stereocenters. The molecule has 1 N–H and O–H groups in total. The van der Waals surface area contributed by atoms with Gasteiger partial charge in [-0.2, -0.15) is 0 Å². The second kappa shape index (κ2) is 8.08. The number of amides is 2. The summed E-state index contributed by atoms with van der Waals surface area (Å²) in [4.78, 5) is 37.9. The molecule has 1 aliphatic heterocycles. The second-order valence-electron chi connectivity index (χ2n) is 6.87. The van der Waals surface area contributed by atoms with Crippen molar-refractivity contribution in [3.63, 3.8) is 0 Å². The van der Waals surface area contributed by atoms with Gasteiger partial charge in [0.25, 0.3) is 17.5 Å². The molecule has 0 aliphatic carbocycles. The van der Waals surface area contributed by atoms with Gasteiger partial charge in [0, 0.05) is 22.8 Å². The van der Waals surface area contributed by atoms with Crippen LogP contribution in [0, 0.1) is 17.0 Å². The molecule has 0 spiro atoms. The fourth-order valence-electron chi connectivity index (χ4n) is 3.29. The van der Waals surface area contributed by atoms with Gasteiger partial charge >= 0.3 is 0 Å². The van der Waals surface area contributed by atoms with Gasteiger partial charge in [0.15, 0.2) is 0 Å². The normalized spacial score (nSPS) is 13.8. The molecule has 156 valence electrons. The topological polar surface area (TPSA) is 106 Å². The average Bonchev–Trinajstić information content (AvgIpc) is 3.34. The predicted octanol–water partition coefficient (Wildman–Crippen LogP) is 4.54. The number of benzene rings is 2. The zero-order valence-corrected chi connectivity index (χ0v) is 17.1. The van der Waals surface area contributed by atoms with Crippen LogP contribution in [0.1, 0.15) is 16.9 Å². The molecule has 0 fully saturated rings. The molecule has 1 aromatic heterocycles. The molecule has 9 heteroatoms. The van der Waals surface area contributed by atoms with E-state index in [-0.39, 0.29) is 23.5 Å². The van der Waals surface area contributed by atoms with Crippen LogP contribution in [0.4, 0.5) is 11.4 Å². The fraction of sp³-hybridized carbons (Fsp3) is 0.0909. The van der Waals surface area contributed by atoms with Crippen LogP contribution in [0.5, 0.6) is 0 Å². The minimum Gasteiger partial charge on any atom is -0.467 e. The van der Waals surface area contributed by atoms with Gasteiger partial charge in [0.2, 0.25) is 0 Å². The maximum Gasteiger partial charge on any atom is 0.278 e. The first-order chi connectivity index (χ1) is 14.9. The Kier molecular flexibility index (Phi) is 5.31. The second-order valence-corrected chi connectivity index (χ2v) is 7.27. The summed E-state index contributed by atoms with van der Waals surface area (Å²) in [6.45, 7) is 1.75. The summed E-state index contributed by atoms with van der Waals surface area (Å²) >= 11 is 6.19. The third-order valence-electron chi connectivity index (χ3n) is 4.96. The molecule has 0 bridgehead atoms. The third-order valence-corrected chi connectivity index (χ3v) is 5.37. The van der Waals surface area contributed by atoms with Gasteiger partial charge in [-0.3, -0.25) is 24.6 Å². The van der Waals surface area contributed by atoms with E-state index in [4.69, 9.17) is 16.0 Å². The molecule has 0 atom stereocenters. The quantitative estimate of drug-likeness (QED) is 0.344. The molecule has 4 rings (SSSR count). The highest BCUT2D eigenvalue weighted by Crippen LogP contribution is 2.34. The van der Waals surface area contributed by atoms with Crippen molar-refractivity contribution in [2.24, 2.45) is 0 Å². The summed E-state index contributed by atoms with van der Waals surface area (Å²) in [5, 5.41) is 14.5. The van der Waals surface area contributed by atoms with Crippen molar-refractivity contribution in [2.45, 2.75) is 13.5 Å². The van der Waals surface area contributed by atoms with Crippen LogP contribution >= 0.6 is 11.6 Å². The Morgan fingerprint density at radius 1 is 1.06 bits per heavy atom. The van der Waals surface area contributed by atoms with E-state index >= 15 is 0 Å². The first kappa shape index (κ1) is 20.4. The molecular formula is C22H16ClN3O5. The van der Waals surface area contributed by atoms with Gasteiger partial charge in [-0.15, -0.1) is 0 Å². The number of nitrogens with one attached hydrogen (secondary N) is 1. The monoisotopic (exact) mass is 437 g/mol. The van der Waals surface area contributed by atoms with Crippen LogP contribution < -0.4 is 5.32 Å². The Hall–Kier alpha value is -3.91. The van der Waals surface area contributed by atoms with E-state index in [9.17, 15) is 19.7 Å². The van der Waals surface area contributed by atoms with Crippen molar-refractivity contribution in [2.75, 3.05) is 5.32 Å². The van der Waals surface area contributed by atoms with Crippen molar-refractivity contribution in [3.05, 3.63) is 98.6 Å². The molecule has 2 heterocycles. The molecule has 2 aromatic carbocycles. The van der Waals surface area contributed by atoms with E-state index in [2.05, 4.69) is 5.32 Å². The lowest BCUT2D eigenvalue weighted by molar-refractivity contribution is -0.384. The number of rotatable bonds is 6. The highest BCUT2D eigenvalue weighted by Gasteiger charge is 2.40. The number of hydrogen-bond acceptors (Lipinski definition) is 6. The molecule has 1 aliphatic rings. The van der Waals surface area contributed by atoms with Gasteiger partial charge < -0.3 is 9.73 Å². The Morgan fingerprint density at radius 2 is 1.81 bits per heavy atom. The minimum absolute atomic E-state index is 0.0408. The number of imide groups is 1. The Labute approximate surface area is 181 Å². The molecule has 8 nitrogen and oxygen atoms in total. The van der Waals surface area contributed by atoms with Crippen LogP contribution in [0.3, 0.4) is 0 Å². The number of furan rings is 1. The maximum atomic E-state index is 13.2. The summed E-state index contributed by atoms with van der Waals surface area (Å²) < 4.78 is 5.29. The van der Waals surface area contributed by atoms with Crippen molar-refractivity contribution >= 4 is 40.4 Å². The lowest BCUT2D eigenvalue weighted by Crippen LogP contribution is -2.31. The van der Waals surface area contributed by atoms with E-state index in [0.29, 0.717) is 27.6 Å². The smallest absolute Gasteiger partial charge is 0.278 e. The summed E-state index contributed by atoms with van der Waals surface area (Å²) in [5.74, 6) is -0.614. The maximum absolute atomic E-state index is 13.2. The van der Waals surface area contributed by atoms with E-state index in [1.54, 1.807) is 37.3 Å². The van der Waals surface area contributed by atoms with Crippen LogP contribution in [0.2, 0.25) is 5.02 Å². The van der Waals surface area contributed by atoms with Crippen molar-refractivity contribution in [3.8, 4) is 0 Å². The van der Waals surface area contributed by atoms with E-state index in [0.717, 1.165) is 4.90 Å². The summed E-state index contributed by atoms with van der Waals surface area (Å²) in [7, 11) is 0. The van der Waals surface area contributed by atoms with Gasteiger partial charge in [0.1, 0.15) is 11.5 Å². The van der Waals surface area contributed by atoms with E-state index in [1.165, 1.54) is 30.5 Å². The first-order valence-corrected chi connectivity index (χ1v) is 9.64. The van der Waals surface area contributed by atoms with E-state index < -0.39 is 16.7 Å². The molecule has 2 amide bonds. The van der Waals surface area contributed by atoms with Crippen LogP contribution in [-0.2, 0) is 16.1 Å². The summed E-state index contributed by atoms with van der Waals surface area (Å²) in [6, 6.07) is 14.0. The number of nitro groups is 1. The Bertz CT molecular complexity index is 1220. The number of anilines is 1. The zero-order valence-electron chi connectivity index (χ0n) is 16.3. The van der Waals surface area contributed by atoms with Gasteiger partial charge in [-0.05, 0) is 54.4 Å². The Balaban J connectivity index is 1.78. The predicted molar refractivity (Wildman–Crippen MR) is 114 cm³/mol. The number of carbonyl (C=O) groups excluding carboxylic acids is 2. The average molecular weight is 438 g/mol. The molecule has 0 saturated carbocycles. The van der Waals surface area contributed by atoms with Crippen LogP contribution in [0.25, 0.3) is 5.57 Å². The van der Waals surface area contributed by atoms with Gasteiger partial charge in [-0.1, -0.05) is 17.7 Å². The molecular weight excluding hydrogens is 422 g/mol. The van der Waals surface area contributed by atoms with Crippen LogP contribution in [-0.4, -0.2) is 21.6 Å². The number of halogens is 1. The number of non-ortho nitro benzene ring substituents is 1. The Morgan fingerprint density at radius 3 is 2.45 bits per heavy atom. The number of hydrogen-bond donors (Lipinski definition) is 1. The highest BCUT2D eigenvalue weighted by atomic mass is 35.5. The van der Waals surface area contributed by atoms with E-state index in [1.807, 2.05) is 0 Å². The summed E-state index contributed by atoms with van der Waals surface area (Å²) in [6.07, 6.45) is 1.46. The summed E-state index contributed by atoms with van der Waals surface area (Å²) in [5.41, 5.74) is 1.73. The standard InChI is InChI=1S/C22H16ClN3O5/c1-13-17(23)5-2-6-18(13)24-20-19(14-7-9-15(10-8-14)26(29)30)21(27)25(22(20)28)12-16-4-3-11-31-16/h2-11,24H,12H2,1H3. The van der Waals surface area contributed by atoms with Crippen molar-refractivity contribution in [1.29, 1.82) is 0 Å². The van der Waals surface area contributed by atoms with Crippen LogP contribution in [0.15, 0.2) is 71.0 Å².